The number of methoxy groups -OCH3 is 1. The lowest BCUT2D eigenvalue weighted by Crippen LogP contribution is -2.49. The van der Waals surface area contributed by atoms with E-state index in [1.807, 2.05) is 42.2 Å². The van der Waals surface area contributed by atoms with Crippen molar-refractivity contribution >= 4 is 5.91 Å². The first-order valence-corrected chi connectivity index (χ1v) is 9.96. The standard InChI is InChI=1S/C23H22FN3O3/c1-26-21-16-5-3-4-6-19(16)30-23(18(21)14-25-26)9-11-27(12-10-23)22(28)17-8-7-15(24)13-20(17)29-2/h3-8,13-14H,9-12H2,1-2H3. The number of hydrogen-bond acceptors (Lipinski definition) is 4. The average molecular weight is 407 g/mol. The normalized spacial score (nSPS) is 16.6. The van der Waals surface area contributed by atoms with Gasteiger partial charge in [-0.05, 0) is 24.3 Å². The first-order chi connectivity index (χ1) is 14.5. The van der Waals surface area contributed by atoms with Crippen LogP contribution in [0.4, 0.5) is 4.39 Å². The molecule has 1 fully saturated rings. The lowest BCUT2D eigenvalue weighted by Gasteiger charge is -2.44. The van der Waals surface area contributed by atoms with E-state index in [2.05, 4.69) is 5.10 Å². The molecule has 1 aromatic heterocycles. The van der Waals surface area contributed by atoms with Gasteiger partial charge in [-0.15, -0.1) is 0 Å². The second-order valence-corrected chi connectivity index (χ2v) is 7.76. The summed E-state index contributed by atoms with van der Waals surface area (Å²) in [5.41, 5.74) is 3.02. The molecule has 0 atom stereocenters. The number of aryl methyl sites for hydroxylation is 1. The number of halogens is 1. The molecule has 154 valence electrons. The van der Waals surface area contributed by atoms with E-state index in [-0.39, 0.29) is 11.7 Å². The average Bonchev–Trinajstić information content (AvgIpc) is 3.17. The fraction of sp³-hybridized carbons (Fsp3) is 0.304. The Bertz CT molecular complexity index is 1130. The number of para-hydroxylation sites is 1. The summed E-state index contributed by atoms with van der Waals surface area (Å²) in [6.07, 6.45) is 3.18. The number of rotatable bonds is 2. The first kappa shape index (κ1) is 18.7. The maximum atomic E-state index is 13.5. The Hall–Kier alpha value is -3.35. The minimum absolute atomic E-state index is 0.163. The van der Waals surface area contributed by atoms with Gasteiger partial charge in [0.15, 0.2) is 0 Å². The molecular formula is C23H22FN3O3. The monoisotopic (exact) mass is 407 g/mol. The van der Waals surface area contributed by atoms with E-state index in [4.69, 9.17) is 9.47 Å². The SMILES string of the molecule is COc1cc(F)ccc1C(=O)N1CCC2(CC1)Oc1ccccc1-c1c2cnn1C. The minimum atomic E-state index is -0.512. The third-order valence-electron chi connectivity index (χ3n) is 6.13. The van der Waals surface area contributed by atoms with Crippen molar-refractivity contribution in [2.24, 2.45) is 7.05 Å². The van der Waals surface area contributed by atoms with Gasteiger partial charge in [0.25, 0.3) is 5.91 Å². The molecule has 7 heteroatoms. The van der Waals surface area contributed by atoms with E-state index >= 15 is 0 Å². The van der Waals surface area contributed by atoms with Crippen molar-refractivity contribution in [1.82, 2.24) is 14.7 Å². The van der Waals surface area contributed by atoms with Crippen LogP contribution in [0.5, 0.6) is 11.5 Å². The van der Waals surface area contributed by atoms with Crippen LogP contribution in [0, 0.1) is 5.82 Å². The van der Waals surface area contributed by atoms with Crippen molar-refractivity contribution < 1.29 is 18.7 Å². The van der Waals surface area contributed by atoms with E-state index < -0.39 is 11.4 Å². The summed E-state index contributed by atoms with van der Waals surface area (Å²) in [7, 11) is 3.38. The molecule has 1 amide bonds. The zero-order chi connectivity index (χ0) is 20.9. The third-order valence-corrected chi connectivity index (χ3v) is 6.13. The Morgan fingerprint density at radius 3 is 2.73 bits per heavy atom. The van der Waals surface area contributed by atoms with Crippen molar-refractivity contribution in [1.29, 1.82) is 0 Å². The van der Waals surface area contributed by atoms with E-state index in [1.165, 1.54) is 25.3 Å². The van der Waals surface area contributed by atoms with Gasteiger partial charge in [0, 0.05) is 50.2 Å². The van der Waals surface area contributed by atoms with Gasteiger partial charge in [-0.1, -0.05) is 12.1 Å². The van der Waals surface area contributed by atoms with E-state index in [0.29, 0.717) is 31.5 Å². The minimum Gasteiger partial charge on any atom is -0.496 e. The predicted octanol–water partition coefficient (Wildman–Crippen LogP) is 3.76. The van der Waals surface area contributed by atoms with Crippen molar-refractivity contribution in [3.63, 3.8) is 0 Å². The van der Waals surface area contributed by atoms with E-state index in [0.717, 1.165) is 22.6 Å². The van der Waals surface area contributed by atoms with Gasteiger partial charge in [0.2, 0.25) is 0 Å². The molecule has 1 saturated heterocycles. The lowest BCUT2D eigenvalue weighted by atomic mass is 9.81. The molecular weight excluding hydrogens is 385 g/mol. The molecule has 5 rings (SSSR count). The largest absolute Gasteiger partial charge is 0.496 e. The predicted molar refractivity (Wildman–Crippen MR) is 109 cm³/mol. The Labute approximate surface area is 173 Å². The van der Waals surface area contributed by atoms with Crippen LogP contribution in [-0.4, -0.2) is 40.8 Å². The number of aromatic nitrogens is 2. The molecule has 0 bridgehead atoms. The highest BCUT2D eigenvalue weighted by Crippen LogP contribution is 2.49. The van der Waals surface area contributed by atoms with E-state index in [1.54, 1.807) is 4.90 Å². The molecule has 2 aromatic carbocycles. The van der Waals surface area contributed by atoms with Crippen molar-refractivity contribution in [3.8, 4) is 22.8 Å². The van der Waals surface area contributed by atoms with Gasteiger partial charge in [0.05, 0.1) is 24.6 Å². The summed E-state index contributed by atoms with van der Waals surface area (Å²) in [5.74, 6) is 0.495. The number of ether oxygens (including phenoxy) is 2. The molecule has 6 nitrogen and oxygen atoms in total. The zero-order valence-electron chi connectivity index (χ0n) is 16.9. The molecule has 3 heterocycles. The number of fused-ring (bicyclic) bond motifs is 4. The highest BCUT2D eigenvalue weighted by molar-refractivity contribution is 5.97. The van der Waals surface area contributed by atoms with Crippen molar-refractivity contribution in [2.75, 3.05) is 20.2 Å². The summed E-state index contributed by atoms with van der Waals surface area (Å²) in [5, 5.41) is 4.48. The summed E-state index contributed by atoms with van der Waals surface area (Å²) < 4.78 is 27.1. The molecule has 0 aliphatic carbocycles. The molecule has 0 N–H and O–H groups in total. The number of amides is 1. The second-order valence-electron chi connectivity index (χ2n) is 7.76. The second kappa shape index (κ2) is 6.86. The van der Waals surface area contributed by atoms with Crippen LogP contribution in [0.1, 0.15) is 28.8 Å². The van der Waals surface area contributed by atoms with Gasteiger partial charge < -0.3 is 14.4 Å². The van der Waals surface area contributed by atoms with Crippen LogP contribution in [0.3, 0.4) is 0 Å². The number of nitrogens with zero attached hydrogens (tertiary/aromatic N) is 3. The van der Waals surface area contributed by atoms with Gasteiger partial charge in [0.1, 0.15) is 22.9 Å². The number of benzene rings is 2. The Kier molecular flexibility index (Phi) is 4.27. The molecule has 0 unspecified atom stereocenters. The molecule has 1 spiro atoms. The smallest absolute Gasteiger partial charge is 0.257 e. The molecule has 2 aliphatic heterocycles. The third kappa shape index (κ3) is 2.76. The number of hydrogen-bond donors (Lipinski definition) is 0. The van der Waals surface area contributed by atoms with Crippen LogP contribution in [-0.2, 0) is 12.6 Å². The van der Waals surface area contributed by atoms with Crippen LogP contribution >= 0.6 is 0 Å². The lowest BCUT2D eigenvalue weighted by molar-refractivity contribution is -0.00179. The van der Waals surface area contributed by atoms with Crippen LogP contribution < -0.4 is 9.47 Å². The number of likely N-dealkylation sites (tertiary alicyclic amines) is 1. The van der Waals surface area contributed by atoms with Crippen molar-refractivity contribution in [2.45, 2.75) is 18.4 Å². The Morgan fingerprint density at radius 2 is 1.97 bits per heavy atom. The number of piperidine rings is 1. The first-order valence-electron chi connectivity index (χ1n) is 9.96. The zero-order valence-corrected chi connectivity index (χ0v) is 16.9. The molecule has 0 radical (unpaired) electrons. The van der Waals surface area contributed by atoms with Gasteiger partial charge in [-0.3, -0.25) is 9.48 Å². The summed E-state index contributed by atoms with van der Waals surface area (Å²) >= 11 is 0. The van der Waals surface area contributed by atoms with E-state index in [9.17, 15) is 9.18 Å². The highest BCUT2D eigenvalue weighted by Gasteiger charge is 2.46. The molecule has 3 aromatic rings. The molecule has 2 aliphatic rings. The maximum Gasteiger partial charge on any atom is 0.257 e. The highest BCUT2D eigenvalue weighted by atomic mass is 19.1. The summed E-state index contributed by atoms with van der Waals surface area (Å²) in [4.78, 5) is 14.9. The topological polar surface area (TPSA) is 56.6 Å². The van der Waals surface area contributed by atoms with Crippen LogP contribution in [0.25, 0.3) is 11.3 Å². The van der Waals surface area contributed by atoms with Crippen molar-refractivity contribution in [3.05, 3.63) is 65.6 Å². The van der Waals surface area contributed by atoms with Gasteiger partial charge in [-0.2, -0.15) is 5.10 Å². The fourth-order valence-corrected chi connectivity index (χ4v) is 4.56. The maximum absolute atomic E-state index is 13.5. The molecule has 30 heavy (non-hydrogen) atoms. The fourth-order valence-electron chi connectivity index (χ4n) is 4.56. The van der Waals surface area contributed by atoms with Gasteiger partial charge in [-0.25, -0.2) is 4.39 Å². The molecule has 0 saturated carbocycles. The Morgan fingerprint density at radius 1 is 1.20 bits per heavy atom. The van der Waals surface area contributed by atoms with Crippen LogP contribution in [0.2, 0.25) is 0 Å². The summed E-state index contributed by atoms with van der Waals surface area (Å²) in [6, 6.07) is 12.0. The quantitative estimate of drug-likeness (QED) is 0.649. The van der Waals surface area contributed by atoms with Gasteiger partial charge >= 0.3 is 0 Å². The Balaban J connectivity index is 1.43. The number of carbonyl (C=O) groups excluding carboxylic acids is 1. The summed E-state index contributed by atoms with van der Waals surface area (Å²) in [6.45, 7) is 1.05. The van der Waals surface area contributed by atoms with Crippen LogP contribution in [0.15, 0.2) is 48.7 Å². The number of carbonyl (C=O) groups is 1.